The summed E-state index contributed by atoms with van der Waals surface area (Å²) in [5.74, 6) is -0.283. The molecule has 1 aromatic rings. The highest BCUT2D eigenvalue weighted by Gasteiger charge is 2.27. The van der Waals surface area contributed by atoms with E-state index in [0.717, 1.165) is 12.1 Å². The summed E-state index contributed by atoms with van der Waals surface area (Å²) in [6, 6.07) is 6.68. The highest BCUT2D eigenvalue weighted by atomic mass is 16.4. The van der Waals surface area contributed by atoms with Crippen LogP contribution in [0.4, 0.5) is 4.79 Å². The summed E-state index contributed by atoms with van der Waals surface area (Å²) < 4.78 is 0. The van der Waals surface area contributed by atoms with Crippen molar-refractivity contribution < 1.29 is 14.7 Å². The second kappa shape index (κ2) is 6.61. The van der Waals surface area contributed by atoms with Crippen LogP contribution in [-0.2, 0) is 6.54 Å². The van der Waals surface area contributed by atoms with Gasteiger partial charge in [-0.1, -0.05) is 12.1 Å². The van der Waals surface area contributed by atoms with Gasteiger partial charge in [0.25, 0.3) is 0 Å². The van der Waals surface area contributed by atoms with Crippen molar-refractivity contribution in [1.29, 1.82) is 0 Å². The number of nitrogens with zero attached hydrogens (tertiary/aromatic N) is 1. The lowest BCUT2D eigenvalue weighted by molar-refractivity contribution is 0.0697. The summed E-state index contributed by atoms with van der Waals surface area (Å²) in [5, 5.41) is 11.7. The number of amides is 2. The predicted octanol–water partition coefficient (Wildman–Crippen LogP) is 2.71. The first kappa shape index (κ1) is 15.4. The topological polar surface area (TPSA) is 69.6 Å². The van der Waals surface area contributed by atoms with E-state index < -0.39 is 5.97 Å². The Kier molecular flexibility index (Phi) is 4.83. The van der Waals surface area contributed by atoms with Gasteiger partial charge in [0.15, 0.2) is 0 Å². The van der Waals surface area contributed by atoms with Crippen molar-refractivity contribution >= 4 is 12.0 Å². The van der Waals surface area contributed by atoms with Crippen LogP contribution in [0.3, 0.4) is 0 Å². The van der Waals surface area contributed by atoms with Gasteiger partial charge in [-0.2, -0.15) is 0 Å². The van der Waals surface area contributed by atoms with Gasteiger partial charge in [0.05, 0.1) is 5.56 Å². The Hall–Kier alpha value is -2.04. The molecule has 1 fully saturated rings. The molecule has 0 spiro atoms. The smallest absolute Gasteiger partial charge is 0.335 e. The van der Waals surface area contributed by atoms with E-state index in [4.69, 9.17) is 5.11 Å². The molecular formula is C16H22N2O3. The molecule has 0 aromatic heterocycles. The van der Waals surface area contributed by atoms with Gasteiger partial charge in [0.2, 0.25) is 0 Å². The van der Waals surface area contributed by atoms with E-state index in [0.29, 0.717) is 12.5 Å². The fourth-order valence-corrected chi connectivity index (χ4v) is 2.15. The van der Waals surface area contributed by atoms with Crippen LogP contribution < -0.4 is 5.32 Å². The molecule has 1 saturated carbocycles. The lowest BCUT2D eigenvalue weighted by Gasteiger charge is -2.27. The summed E-state index contributed by atoms with van der Waals surface area (Å²) >= 11 is 0. The maximum absolute atomic E-state index is 12.2. The lowest BCUT2D eigenvalue weighted by Crippen LogP contribution is -2.44. The molecule has 2 N–H and O–H groups in total. The number of aromatic carboxylic acids is 1. The van der Waals surface area contributed by atoms with Gasteiger partial charge >= 0.3 is 12.0 Å². The maximum Gasteiger partial charge on any atom is 0.335 e. The van der Waals surface area contributed by atoms with Crippen LogP contribution in [0.2, 0.25) is 0 Å². The van der Waals surface area contributed by atoms with Crippen LogP contribution in [0.5, 0.6) is 0 Å². The summed E-state index contributed by atoms with van der Waals surface area (Å²) in [6.07, 6.45) is 2.43. The fraction of sp³-hybridized carbons (Fsp3) is 0.500. The van der Waals surface area contributed by atoms with E-state index in [1.165, 1.54) is 12.8 Å². The molecular weight excluding hydrogens is 268 g/mol. The Labute approximate surface area is 125 Å². The maximum atomic E-state index is 12.2. The number of nitrogens with one attached hydrogen (secondary N) is 1. The standard InChI is InChI=1S/C16H22N2O3/c1-11(2)18(10-13-3-4-13)16(21)17-9-12-5-7-14(8-6-12)15(19)20/h5-8,11,13H,3-4,9-10H2,1-2H3,(H,17,21)(H,19,20). The van der Waals surface area contributed by atoms with Gasteiger partial charge in [-0.15, -0.1) is 0 Å². The van der Waals surface area contributed by atoms with E-state index in [1.54, 1.807) is 24.3 Å². The molecule has 5 heteroatoms. The summed E-state index contributed by atoms with van der Waals surface area (Å²) in [4.78, 5) is 24.9. The van der Waals surface area contributed by atoms with Crippen molar-refractivity contribution in [3.8, 4) is 0 Å². The monoisotopic (exact) mass is 290 g/mol. The minimum Gasteiger partial charge on any atom is -0.478 e. The third-order valence-electron chi connectivity index (χ3n) is 3.68. The number of hydrogen-bond acceptors (Lipinski definition) is 2. The lowest BCUT2D eigenvalue weighted by atomic mass is 10.1. The van der Waals surface area contributed by atoms with Crippen molar-refractivity contribution in [2.24, 2.45) is 5.92 Å². The number of rotatable bonds is 6. The molecule has 21 heavy (non-hydrogen) atoms. The third kappa shape index (κ3) is 4.48. The molecule has 0 bridgehead atoms. The van der Waals surface area contributed by atoms with Crippen molar-refractivity contribution in [3.63, 3.8) is 0 Å². The predicted molar refractivity (Wildman–Crippen MR) is 80.2 cm³/mol. The average molecular weight is 290 g/mol. The molecule has 0 saturated heterocycles. The van der Waals surface area contributed by atoms with Gasteiger partial charge in [0, 0.05) is 19.1 Å². The molecule has 5 nitrogen and oxygen atoms in total. The van der Waals surface area contributed by atoms with Crippen LogP contribution in [0.1, 0.15) is 42.6 Å². The van der Waals surface area contributed by atoms with Crippen molar-refractivity contribution in [3.05, 3.63) is 35.4 Å². The molecule has 1 aliphatic carbocycles. The number of urea groups is 1. The molecule has 2 amide bonds. The SMILES string of the molecule is CC(C)N(CC1CC1)C(=O)NCc1ccc(C(=O)O)cc1. The van der Waals surface area contributed by atoms with Gasteiger partial charge in [-0.05, 0) is 50.3 Å². The molecule has 0 radical (unpaired) electrons. The van der Waals surface area contributed by atoms with Crippen LogP contribution >= 0.6 is 0 Å². The van der Waals surface area contributed by atoms with Crippen LogP contribution in [0.25, 0.3) is 0 Å². The van der Waals surface area contributed by atoms with Gasteiger partial charge < -0.3 is 15.3 Å². The number of carbonyl (C=O) groups is 2. The Morgan fingerprint density at radius 3 is 2.38 bits per heavy atom. The van der Waals surface area contributed by atoms with E-state index >= 15 is 0 Å². The van der Waals surface area contributed by atoms with E-state index in [-0.39, 0.29) is 17.6 Å². The molecule has 1 aliphatic rings. The molecule has 1 aromatic carbocycles. The highest BCUT2D eigenvalue weighted by Crippen LogP contribution is 2.30. The normalized spacial score (nSPS) is 14.0. The second-order valence-corrected chi connectivity index (χ2v) is 5.85. The van der Waals surface area contributed by atoms with Crippen LogP contribution in [0.15, 0.2) is 24.3 Å². The minimum atomic E-state index is -0.944. The zero-order chi connectivity index (χ0) is 15.4. The van der Waals surface area contributed by atoms with E-state index in [1.807, 2.05) is 18.7 Å². The Morgan fingerprint density at radius 1 is 1.29 bits per heavy atom. The first-order valence-electron chi connectivity index (χ1n) is 7.34. The molecule has 0 aliphatic heterocycles. The van der Waals surface area contributed by atoms with Gasteiger partial charge in [-0.3, -0.25) is 0 Å². The minimum absolute atomic E-state index is 0.0563. The first-order valence-corrected chi connectivity index (χ1v) is 7.34. The number of benzene rings is 1. The molecule has 114 valence electrons. The molecule has 0 atom stereocenters. The van der Waals surface area contributed by atoms with Crippen molar-refractivity contribution in [2.45, 2.75) is 39.3 Å². The van der Waals surface area contributed by atoms with Crippen LogP contribution in [-0.4, -0.2) is 34.6 Å². The number of hydrogen-bond donors (Lipinski definition) is 2. The van der Waals surface area contributed by atoms with Crippen molar-refractivity contribution in [1.82, 2.24) is 10.2 Å². The zero-order valence-electron chi connectivity index (χ0n) is 12.5. The quantitative estimate of drug-likeness (QED) is 0.846. The Morgan fingerprint density at radius 2 is 1.90 bits per heavy atom. The number of carbonyl (C=O) groups excluding carboxylic acids is 1. The van der Waals surface area contributed by atoms with E-state index in [9.17, 15) is 9.59 Å². The van der Waals surface area contributed by atoms with Gasteiger partial charge in [0.1, 0.15) is 0 Å². The second-order valence-electron chi connectivity index (χ2n) is 5.85. The zero-order valence-corrected chi connectivity index (χ0v) is 12.5. The van der Waals surface area contributed by atoms with Gasteiger partial charge in [-0.25, -0.2) is 9.59 Å². The largest absolute Gasteiger partial charge is 0.478 e. The first-order chi connectivity index (χ1) is 9.97. The summed E-state index contributed by atoms with van der Waals surface area (Å²) in [5.41, 5.74) is 1.14. The Balaban J connectivity index is 1.88. The number of carboxylic acid groups (broad SMARTS) is 1. The number of carboxylic acids is 1. The highest BCUT2D eigenvalue weighted by molar-refractivity contribution is 5.87. The molecule has 2 rings (SSSR count). The summed E-state index contributed by atoms with van der Waals surface area (Å²) in [6.45, 7) is 5.27. The average Bonchev–Trinajstić information content (AvgIpc) is 3.26. The summed E-state index contributed by atoms with van der Waals surface area (Å²) in [7, 11) is 0. The molecule has 0 unspecified atom stereocenters. The Bertz CT molecular complexity index is 507. The molecule has 0 heterocycles. The van der Waals surface area contributed by atoms with Crippen LogP contribution in [0, 0.1) is 5.92 Å². The van der Waals surface area contributed by atoms with E-state index in [2.05, 4.69) is 5.32 Å². The fourth-order valence-electron chi connectivity index (χ4n) is 2.15. The third-order valence-corrected chi connectivity index (χ3v) is 3.68. The van der Waals surface area contributed by atoms with Crippen molar-refractivity contribution in [2.75, 3.05) is 6.54 Å².